The number of imidazole rings is 1. The molecule has 0 aliphatic carbocycles. The van der Waals surface area contributed by atoms with Crippen molar-refractivity contribution >= 4 is 55.9 Å². The third kappa shape index (κ3) is 9.31. The quantitative estimate of drug-likeness (QED) is 0.101. The lowest BCUT2D eigenvalue weighted by atomic mass is 9.34. The van der Waals surface area contributed by atoms with Gasteiger partial charge in [-0.05, 0) is 118 Å². The van der Waals surface area contributed by atoms with Gasteiger partial charge in [-0.15, -0.1) is 0 Å². The molecule has 0 fully saturated rings. The summed E-state index contributed by atoms with van der Waals surface area (Å²) >= 11 is 0. The first-order chi connectivity index (χ1) is 40.9. The van der Waals surface area contributed by atoms with Crippen molar-refractivity contribution in [1.82, 2.24) is 14.1 Å². The summed E-state index contributed by atoms with van der Waals surface area (Å²) in [6.07, 6.45) is 3.72. The summed E-state index contributed by atoms with van der Waals surface area (Å²) in [5, 5.41) is 2.11. The van der Waals surface area contributed by atoms with Crippen LogP contribution in [-0.4, -0.2) is 20.8 Å². The second-order valence-electron chi connectivity index (χ2n) is 21.2. The van der Waals surface area contributed by atoms with Crippen molar-refractivity contribution in [1.29, 1.82) is 0 Å². The van der Waals surface area contributed by atoms with Gasteiger partial charge in [0.05, 0.1) is 24.7 Å². The molecule has 0 radical (unpaired) electrons. The highest BCUT2D eigenvalue weighted by atomic mass is 35.5. The van der Waals surface area contributed by atoms with Crippen molar-refractivity contribution < 1.29 is 35.4 Å². The van der Waals surface area contributed by atoms with Crippen molar-refractivity contribution in [2.24, 2.45) is 0 Å². The maximum atomic E-state index is 9.29. The van der Waals surface area contributed by atoms with Gasteiger partial charge in [-0.25, -0.2) is 4.98 Å². The third-order valence-electron chi connectivity index (χ3n) is 14.7. The van der Waals surface area contributed by atoms with Crippen molar-refractivity contribution in [2.75, 3.05) is 0 Å². The SMILES string of the molecule is [2H]c1c([2H])c([2H])c(-c2cccc(-c3c([2H])c([2H])c([2H])c([2H])c3[2H])c2-[n+]2cn(-c3cc(Oc4ccc5c6ccccc6n(-c6cc(C(C)(C)C)ccn6)c5c4)cc(B(c4c(C)cc(C)cc4C)c4c(C)cc(C)cc4C)c3)c3ccccc32)c([2H])c1[2H].[Cl-]. The Hall–Kier alpha value is -8.45. The summed E-state index contributed by atoms with van der Waals surface area (Å²) in [5.74, 6) is 1.91. The van der Waals surface area contributed by atoms with Gasteiger partial charge in [0.15, 0.2) is 11.0 Å². The first-order valence-electron chi connectivity index (χ1n) is 30.7. The van der Waals surface area contributed by atoms with Gasteiger partial charge in [-0.2, -0.15) is 9.13 Å². The molecule has 0 saturated carbocycles. The monoisotopic (exact) mass is 1030 g/mol. The predicted molar refractivity (Wildman–Crippen MR) is 319 cm³/mol. The Bertz CT molecular complexity index is 4590. The number of aromatic nitrogens is 4. The van der Waals surface area contributed by atoms with Crippen LogP contribution in [0.3, 0.4) is 0 Å². The molecule has 0 bridgehead atoms. The van der Waals surface area contributed by atoms with E-state index in [9.17, 15) is 5.48 Å². The summed E-state index contributed by atoms with van der Waals surface area (Å²) in [5.41, 5.74) is 15.4. The average molecular weight is 1030 g/mol. The van der Waals surface area contributed by atoms with E-state index in [0.29, 0.717) is 28.2 Å². The van der Waals surface area contributed by atoms with E-state index >= 15 is 0 Å². The fourth-order valence-electron chi connectivity index (χ4n) is 11.6. The number of hydrogen-bond donors (Lipinski definition) is 0. The lowest BCUT2D eigenvalue weighted by Crippen LogP contribution is -3.00. The van der Waals surface area contributed by atoms with Crippen LogP contribution in [0.4, 0.5) is 0 Å². The number of fused-ring (bicyclic) bond motifs is 4. The van der Waals surface area contributed by atoms with Gasteiger partial charge in [-0.3, -0.25) is 4.57 Å². The highest BCUT2D eigenvalue weighted by Gasteiger charge is 2.32. The Kier molecular flexibility index (Phi) is 10.5. The minimum atomic E-state index is -0.565. The molecule has 0 amide bonds. The van der Waals surface area contributed by atoms with Crippen LogP contribution in [0.2, 0.25) is 0 Å². The Balaban J connectivity index is 0.00000784. The van der Waals surface area contributed by atoms with E-state index < -0.39 is 60.4 Å². The number of pyridine rings is 1. The molecule has 0 spiro atoms. The molecule has 7 heteroatoms. The Morgan fingerprint density at radius 2 is 1.12 bits per heavy atom. The van der Waals surface area contributed by atoms with Crippen LogP contribution in [0.15, 0.2) is 212 Å². The maximum absolute atomic E-state index is 9.29. The number of benzene rings is 9. The summed E-state index contributed by atoms with van der Waals surface area (Å²) in [6.45, 7) is 19.2. The van der Waals surface area contributed by atoms with E-state index in [-0.39, 0.29) is 52.5 Å². The average Bonchev–Trinajstić information content (AvgIpc) is 1.97. The minimum absolute atomic E-state index is 0. The number of nitrogens with zero attached hydrogens (tertiary/aromatic N) is 4. The van der Waals surface area contributed by atoms with Crippen LogP contribution < -0.4 is 38.1 Å². The molecule has 12 aromatic rings. The lowest BCUT2D eigenvalue weighted by molar-refractivity contribution is -0.566. The molecule has 378 valence electrons. The Morgan fingerprint density at radius 3 is 1.73 bits per heavy atom. The van der Waals surface area contributed by atoms with Gasteiger partial charge >= 0.3 is 0 Å². The molecular weight excluding hydrogens is 959 g/mol. The molecule has 5 nitrogen and oxygen atoms in total. The minimum Gasteiger partial charge on any atom is -1.00 e. The standard InChI is InChI=1S/C70H62BN4O.ClH/c1-45-35-47(3)67(48(4)36-45)71(68-49(5)37-46(2)38-50(68)6)54-40-55(42-57(41-54)76-56-31-32-61-60-25-16-17-28-62(60)75(65(61)43-56)66-39-53(33-34-72-66)70(7,8)9)73-44-74(64-30-19-18-29-63(64)73)69-58(51-21-12-10-13-22-51)26-20-27-59(69)52-23-14-11-15-24-52;/h10-44H,1-9H3;1H/q+1;/p-1/i10D,11D,12D,13D,14D,15D,21D,22D,23D,24D;. The van der Waals surface area contributed by atoms with Crippen LogP contribution in [-0.2, 0) is 5.41 Å². The van der Waals surface area contributed by atoms with Crippen molar-refractivity contribution in [3.8, 4) is 50.9 Å². The zero-order valence-electron chi connectivity index (χ0n) is 54.6. The van der Waals surface area contributed by atoms with Crippen LogP contribution in [0.1, 0.15) is 73.4 Å². The number of hydrogen-bond acceptors (Lipinski definition) is 2. The number of para-hydroxylation sites is 4. The lowest BCUT2D eigenvalue weighted by Gasteiger charge is -2.25. The molecule has 0 unspecified atom stereocenters. The van der Waals surface area contributed by atoms with E-state index in [4.69, 9.17) is 17.9 Å². The zero-order chi connectivity index (χ0) is 61.1. The molecule has 12 rings (SSSR count). The number of aryl methyl sites for hydroxylation is 6. The molecule has 0 atom stereocenters. The van der Waals surface area contributed by atoms with E-state index in [2.05, 4.69) is 140 Å². The first-order valence-corrected chi connectivity index (χ1v) is 25.7. The fourth-order valence-corrected chi connectivity index (χ4v) is 11.6. The topological polar surface area (TPSA) is 35.9 Å². The summed E-state index contributed by atoms with van der Waals surface area (Å²) in [4.78, 5) is 4.95. The van der Waals surface area contributed by atoms with Crippen LogP contribution in [0.5, 0.6) is 11.5 Å². The second-order valence-corrected chi connectivity index (χ2v) is 21.2. The van der Waals surface area contributed by atoms with Crippen molar-refractivity contribution in [3.05, 3.63) is 251 Å². The maximum Gasteiger partial charge on any atom is 0.255 e. The number of halogens is 1. The smallest absolute Gasteiger partial charge is 0.255 e. The van der Waals surface area contributed by atoms with E-state index in [1.54, 1.807) is 18.2 Å². The molecular formula is C70H62BClN4O. The van der Waals surface area contributed by atoms with E-state index in [1.807, 2.05) is 70.2 Å². The highest BCUT2D eigenvalue weighted by Crippen LogP contribution is 2.38. The fraction of sp³-hybridized carbons (Fsp3) is 0.143. The predicted octanol–water partition coefficient (Wildman–Crippen LogP) is 12.2. The van der Waals surface area contributed by atoms with E-state index in [1.165, 1.54) is 0 Å². The van der Waals surface area contributed by atoms with Crippen molar-refractivity contribution in [3.63, 3.8) is 0 Å². The van der Waals surface area contributed by atoms with Gasteiger partial charge in [0.1, 0.15) is 28.7 Å². The van der Waals surface area contributed by atoms with Crippen LogP contribution in [0.25, 0.3) is 72.3 Å². The van der Waals surface area contributed by atoms with Gasteiger partial charge in [0, 0.05) is 40.2 Å². The first kappa shape index (κ1) is 39.9. The summed E-state index contributed by atoms with van der Waals surface area (Å²) in [6, 6.07) is 41.4. The Morgan fingerprint density at radius 1 is 0.545 bits per heavy atom. The highest BCUT2D eigenvalue weighted by molar-refractivity contribution is 6.96. The van der Waals surface area contributed by atoms with E-state index in [0.717, 1.165) is 83.0 Å². The molecule has 3 aromatic heterocycles. The number of rotatable bonds is 10. The van der Waals surface area contributed by atoms with Crippen LogP contribution >= 0.6 is 0 Å². The normalized spacial score (nSPS) is 13.4. The zero-order valence-corrected chi connectivity index (χ0v) is 45.3. The van der Waals surface area contributed by atoms with Gasteiger partial charge in [0.2, 0.25) is 6.71 Å². The number of ether oxygens (including phenoxy) is 1. The summed E-state index contributed by atoms with van der Waals surface area (Å²) < 4.78 is 103. The molecule has 0 aliphatic heterocycles. The molecule has 0 N–H and O–H groups in total. The van der Waals surface area contributed by atoms with Gasteiger partial charge in [-0.1, -0.05) is 204 Å². The second kappa shape index (κ2) is 20.3. The Labute approximate surface area is 473 Å². The van der Waals surface area contributed by atoms with Crippen molar-refractivity contribution in [2.45, 2.75) is 67.7 Å². The third-order valence-corrected chi connectivity index (χ3v) is 14.7. The van der Waals surface area contributed by atoms with Crippen LogP contribution in [0, 0.1) is 41.5 Å². The molecule has 3 heterocycles. The van der Waals surface area contributed by atoms with Gasteiger partial charge < -0.3 is 17.1 Å². The molecule has 9 aromatic carbocycles. The molecule has 0 saturated heterocycles. The largest absolute Gasteiger partial charge is 1.00 e. The van der Waals surface area contributed by atoms with Gasteiger partial charge in [0.25, 0.3) is 6.33 Å². The molecule has 0 aliphatic rings. The summed E-state index contributed by atoms with van der Waals surface area (Å²) in [7, 11) is 0. The molecule has 77 heavy (non-hydrogen) atoms.